The van der Waals surface area contributed by atoms with Gasteiger partial charge in [-0.1, -0.05) is 31.2 Å². The lowest BCUT2D eigenvalue weighted by Crippen LogP contribution is -2.28. The number of carbonyl (C=O) groups excluding carboxylic acids is 1. The number of carbonyl (C=O) groups is 1. The zero-order valence-corrected chi connectivity index (χ0v) is 19.2. The number of allylic oxidation sites excluding steroid dienone is 1. The van der Waals surface area contributed by atoms with Gasteiger partial charge in [-0.3, -0.25) is 4.79 Å². The molecule has 2 rings (SSSR count). The molecule has 0 atom stereocenters. The highest BCUT2D eigenvalue weighted by Crippen LogP contribution is 2.32. The Kier molecular flexibility index (Phi) is 7.44. The molecule has 0 saturated carbocycles. The lowest BCUT2D eigenvalue weighted by molar-refractivity contribution is -0.143. The highest BCUT2D eigenvalue weighted by Gasteiger charge is 2.48. The average molecular weight is 471 g/mol. The summed E-state index contributed by atoms with van der Waals surface area (Å²) in [4.78, 5) is 12.1. The van der Waals surface area contributed by atoms with E-state index in [1.165, 1.54) is 12.1 Å². The number of esters is 1. The summed E-state index contributed by atoms with van der Waals surface area (Å²) in [5.74, 6) is -0.399. The van der Waals surface area contributed by atoms with E-state index in [-0.39, 0.29) is 5.97 Å². The van der Waals surface area contributed by atoms with E-state index < -0.39 is 26.8 Å². The molecule has 0 aliphatic heterocycles. The van der Waals surface area contributed by atoms with Crippen molar-refractivity contribution >= 4 is 21.7 Å². The van der Waals surface area contributed by atoms with Crippen molar-refractivity contribution in [1.29, 1.82) is 0 Å². The third-order valence-corrected chi connectivity index (χ3v) is 5.35. The molecule has 0 aliphatic rings. The minimum Gasteiger partial charge on any atom is -0.426 e. The summed E-state index contributed by atoms with van der Waals surface area (Å²) in [7, 11) is -5.73. The fourth-order valence-corrected chi connectivity index (χ4v) is 3.17. The van der Waals surface area contributed by atoms with E-state index in [9.17, 15) is 26.4 Å². The Morgan fingerprint density at radius 2 is 1.56 bits per heavy atom. The molecule has 2 aromatic carbocycles. The quantitative estimate of drug-likeness (QED) is 0.224. The van der Waals surface area contributed by atoms with Crippen LogP contribution in [-0.2, 0) is 14.9 Å². The van der Waals surface area contributed by atoms with Crippen molar-refractivity contribution in [3.63, 3.8) is 0 Å². The lowest BCUT2D eigenvalue weighted by Gasteiger charge is -2.18. The summed E-state index contributed by atoms with van der Waals surface area (Å²) in [6, 6.07) is 10.5. The molecule has 0 unspecified atom stereocenters. The largest absolute Gasteiger partial charge is 0.534 e. The van der Waals surface area contributed by atoms with Crippen LogP contribution >= 0.6 is 0 Å². The van der Waals surface area contributed by atoms with E-state index in [1.807, 2.05) is 19.9 Å². The van der Waals surface area contributed by atoms with Crippen molar-refractivity contribution in [3.05, 3.63) is 65.2 Å². The number of hydrogen-bond acceptors (Lipinski definition) is 5. The van der Waals surface area contributed by atoms with Gasteiger partial charge in [-0.15, -0.1) is 0 Å². The molecule has 0 fully saturated rings. The predicted molar refractivity (Wildman–Crippen MR) is 116 cm³/mol. The third kappa shape index (κ3) is 6.12. The molecular weight excluding hydrogens is 445 g/mol. The SMILES string of the molecule is CC/C=C(/c1ccc(OS(=O)(=O)C(F)(F)F)cc1)c1ccc(OC(=O)C(C)(C)C)cc1C. The Bertz CT molecular complexity index is 1110. The molecule has 0 bridgehead atoms. The van der Waals surface area contributed by atoms with Gasteiger partial charge < -0.3 is 8.92 Å². The third-order valence-electron chi connectivity index (χ3n) is 4.37. The second-order valence-electron chi connectivity index (χ2n) is 8.15. The minimum absolute atomic E-state index is 0.363. The first-order chi connectivity index (χ1) is 14.7. The Labute approximate surface area is 186 Å². The van der Waals surface area contributed by atoms with Gasteiger partial charge in [0.25, 0.3) is 0 Å². The molecule has 174 valence electrons. The zero-order valence-electron chi connectivity index (χ0n) is 18.4. The van der Waals surface area contributed by atoms with E-state index in [2.05, 4.69) is 4.18 Å². The maximum atomic E-state index is 12.5. The molecule has 2 aromatic rings. The smallest absolute Gasteiger partial charge is 0.426 e. The van der Waals surface area contributed by atoms with Crippen molar-refractivity contribution in [3.8, 4) is 11.5 Å². The Morgan fingerprint density at radius 1 is 1.00 bits per heavy atom. The monoisotopic (exact) mass is 470 g/mol. The van der Waals surface area contributed by atoms with Gasteiger partial charge in [-0.25, -0.2) is 0 Å². The molecule has 0 aromatic heterocycles. The fraction of sp³-hybridized carbons (Fsp3) is 0.348. The summed E-state index contributed by atoms with van der Waals surface area (Å²) in [6.07, 6.45) is 2.61. The van der Waals surface area contributed by atoms with E-state index in [1.54, 1.807) is 39.0 Å². The van der Waals surface area contributed by atoms with Crippen molar-refractivity contribution in [2.24, 2.45) is 5.41 Å². The zero-order chi connectivity index (χ0) is 24.3. The summed E-state index contributed by atoms with van der Waals surface area (Å²) in [5, 5.41) is 0. The van der Waals surface area contributed by atoms with Crippen LogP contribution in [0.4, 0.5) is 13.2 Å². The first-order valence-electron chi connectivity index (χ1n) is 9.80. The molecule has 0 amide bonds. The summed E-state index contributed by atoms with van der Waals surface area (Å²) < 4.78 is 69.5. The standard InChI is InChI=1S/C23H25F3O5S/c1-6-7-20(16-8-10-17(11-9-16)31-32(28,29)23(24,25)26)19-13-12-18(14-15(19)2)30-21(27)22(3,4)5/h7-14H,6H2,1-5H3/b20-7-. The van der Waals surface area contributed by atoms with E-state index >= 15 is 0 Å². The van der Waals surface area contributed by atoms with Gasteiger partial charge in [0.2, 0.25) is 0 Å². The van der Waals surface area contributed by atoms with Gasteiger partial charge in [-0.05, 0) is 80.6 Å². The number of ether oxygens (including phenoxy) is 1. The highest BCUT2D eigenvalue weighted by atomic mass is 32.2. The van der Waals surface area contributed by atoms with E-state index in [4.69, 9.17) is 4.74 Å². The number of alkyl halides is 3. The number of halogens is 3. The Morgan fingerprint density at radius 3 is 2.03 bits per heavy atom. The molecule has 32 heavy (non-hydrogen) atoms. The predicted octanol–water partition coefficient (Wildman–Crippen LogP) is 6.02. The molecule has 0 saturated heterocycles. The van der Waals surface area contributed by atoms with Crippen LogP contribution in [0.15, 0.2) is 48.5 Å². The average Bonchev–Trinajstić information content (AvgIpc) is 2.65. The first-order valence-corrected chi connectivity index (χ1v) is 11.2. The van der Waals surface area contributed by atoms with Crippen LogP contribution < -0.4 is 8.92 Å². The van der Waals surface area contributed by atoms with Gasteiger partial charge in [0.1, 0.15) is 11.5 Å². The van der Waals surface area contributed by atoms with Crippen LogP contribution in [-0.4, -0.2) is 19.9 Å². The second kappa shape index (κ2) is 9.36. The normalized spacial score (nSPS) is 13.1. The minimum atomic E-state index is -5.73. The molecular formula is C23H25F3O5S. The van der Waals surface area contributed by atoms with Gasteiger partial charge in [-0.2, -0.15) is 21.6 Å². The maximum absolute atomic E-state index is 12.5. The lowest BCUT2D eigenvalue weighted by atomic mass is 9.93. The highest BCUT2D eigenvalue weighted by molar-refractivity contribution is 7.88. The number of benzene rings is 2. The van der Waals surface area contributed by atoms with Crippen LogP contribution in [0.3, 0.4) is 0 Å². The fourth-order valence-electron chi connectivity index (χ4n) is 2.71. The van der Waals surface area contributed by atoms with Crippen molar-refractivity contribution in [1.82, 2.24) is 0 Å². The van der Waals surface area contributed by atoms with E-state index in [0.29, 0.717) is 17.7 Å². The Hall–Kier alpha value is -2.81. The topological polar surface area (TPSA) is 69.7 Å². The van der Waals surface area contributed by atoms with Crippen LogP contribution in [0.5, 0.6) is 11.5 Å². The molecule has 0 heterocycles. The first kappa shape index (κ1) is 25.5. The van der Waals surface area contributed by atoms with Crippen molar-refractivity contribution < 1.29 is 35.3 Å². The van der Waals surface area contributed by atoms with Crippen LogP contribution in [0.1, 0.15) is 50.8 Å². The molecule has 0 radical (unpaired) electrons. The summed E-state index contributed by atoms with van der Waals surface area (Å²) in [5.41, 5.74) is -3.05. The van der Waals surface area contributed by atoms with Gasteiger partial charge in [0.15, 0.2) is 0 Å². The van der Waals surface area contributed by atoms with Crippen molar-refractivity contribution in [2.75, 3.05) is 0 Å². The molecule has 0 aliphatic carbocycles. The van der Waals surface area contributed by atoms with Gasteiger partial charge in [0, 0.05) is 0 Å². The maximum Gasteiger partial charge on any atom is 0.534 e. The molecule has 5 nitrogen and oxygen atoms in total. The molecule has 0 N–H and O–H groups in total. The second-order valence-corrected chi connectivity index (χ2v) is 9.69. The summed E-state index contributed by atoms with van der Waals surface area (Å²) in [6.45, 7) is 9.05. The molecule has 0 spiro atoms. The number of aryl methyl sites for hydroxylation is 1. The number of rotatable bonds is 6. The Balaban J connectivity index is 2.33. The van der Waals surface area contributed by atoms with Crippen LogP contribution in [0.25, 0.3) is 5.57 Å². The van der Waals surface area contributed by atoms with Crippen LogP contribution in [0, 0.1) is 12.3 Å². The number of hydrogen-bond donors (Lipinski definition) is 0. The van der Waals surface area contributed by atoms with E-state index in [0.717, 1.165) is 28.8 Å². The van der Waals surface area contributed by atoms with Gasteiger partial charge >= 0.3 is 21.6 Å². The van der Waals surface area contributed by atoms with Gasteiger partial charge in [0.05, 0.1) is 5.41 Å². The molecule has 9 heteroatoms. The van der Waals surface area contributed by atoms with Crippen LogP contribution in [0.2, 0.25) is 0 Å². The van der Waals surface area contributed by atoms with Crippen molar-refractivity contribution in [2.45, 2.75) is 46.5 Å². The summed E-state index contributed by atoms with van der Waals surface area (Å²) >= 11 is 0.